The van der Waals surface area contributed by atoms with Crippen LogP contribution in [0.4, 0.5) is 0 Å². The predicted octanol–water partition coefficient (Wildman–Crippen LogP) is 2.57. The van der Waals surface area contributed by atoms with E-state index < -0.39 is 0 Å². The van der Waals surface area contributed by atoms with Crippen molar-refractivity contribution in [2.75, 3.05) is 0 Å². The third-order valence-corrected chi connectivity index (χ3v) is 1.83. The minimum absolute atomic E-state index is 0.486. The minimum Gasteiger partial charge on any atom is -0.334 e. The lowest BCUT2D eigenvalue weighted by atomic mass is 10.1. The Morgan fingerprint density at radius 1 is 1.55 bits per heavy atom. The molecule has 0 saturated carbocycles. The Morgan fingerprint density at radius 3 is 2.64 bits per heavy atom. The summed E-state index contributed by atoms with van der Waals surface area (Å²) in [5.74, 6) is 0.486. The van der Waals surface area contributed by atoms with Gasteiger partial charge in [-0.05, 0) is 30.6 Å². The Bertz CT molecular complexity index is 301. The molecule has 3 heteroatoms. The highest BCUT2D eigenvalue weighted by Gasteiger charge is 2.02. The molecular formula is C8H12N2S. The van der Waals surface area contributed by atoms with Crippen LogP contribution in [0.25, 0.3) is 0 Å². The van der Waals surface area contributed by atoms with Crippen LogP contribution in [0.1, 0.15) is 31.0 Å². The van der Waals surface area contributed by atoms with Crippen LogP contribution in [-0.2, 0) is 0 Å². The molecule has 0 aromatic carbocycles. The van der Waals surface area contributed by atoms with Crippen molar-refractivity contribution in [1.82, 2.24) is 9.97 Å². The van der Waals surface area contributed by atoms with Gasteiger partial charge in [-0.3, -0.25) is 0 Å². The van der Waals surface area contributed by atoms with E-state index >= 15 is 0 Å². The fraction of sp³-hybridized carbons (Fsp3) is 0.500. The van der Waals surface area contributed by atoms with Gasteiger partial charge in [0.2, 0.25) is 0 Å². The fourth-order valence-electron chi connectivity index (χ4n) is 1.07. The van der Waals surface area contributed by atoms with E-state index in [4.69, 9.17) is 12.2 Å². The molecule has 1 N–H and O–H groups in total. The van der Waals surface area contributed by atoms with Crippen LogP contribution in [0.5, 0.6) is 0 Å². The molecule has 0 amide bonds. The number of rotatable bonds is 1. The second-order valence-corrected chi connectivity index (χ2v) is 3.33. The number of nitrogens with one attached hydrogen (secondary N) is 1. The SMILES string of the molecule is Cc1cnc(=S)[nH]c1C(C)C. The van der Waals surface area contributed by atoms with E-state index in [1.165, 1.54) is 11.3 Å². The Labute approximate surface area is 71.7 Å². The Kier molecular flexibility index (Phi) is 2.39. The summed E-state index contributed by atoms with van der Waals surface area (Å²) >= 11 is 4.91. The van der Waals surface area contributed by atoms with E-state index in [1.54, 1.807) is 0 Å². The molecule has 1 aromatic rings. The molecule has 0 atom stereocenters. The van der Waals surface area contributed by atoms with Crippen LogP contribution >= 0.6 is 12.2 Å². The van der Waals surface area contributed by atoms with Crippen LogP contribution in [-0.4, -0.2) is 9.97 Å². The molecule has 0 spiro atoms. The summed E-state index contributed by atoms with van der Waals surface area (Å²) in [7, 11) is 0. The van der Waals surface area contributed by atoms with Gasteiger partial charge >= 0.3 is 0 Å². The molecule has 0 unspecified atom stereocenters. The first-order valence-electron chi connectivity index (χ1n) is 3.67. The number of aryl methyl sites for hydroxylation is 1. The molecule has 0 bridgehead atoms. The van der Waals surface area contributed by atoms with E-state index in [0.717, 1.165) is 0 Å². The minimum atomic E-state index is 0.486. The van der Waals surface area contributed by atoms with E-state index in [-0.39, 0.29) is 0 Å². The van der Waals surface area contributed by atoms with Gasteiger partial charge in [-0.15, -0.1) is 0 Å². The smallest absolute Gasteiger partial charge is 0.196 e. The first-order chi connectivity index (χ1) is 5.11. The van der Waals surface area contributed by atoms with Gasteiger partial charge in [0.1, 0.15) is 0 Å². The van der Waals surface area contributed by atoms with Gasteiger partial charge < -0.3 is 4.98 Å². The van der Waals surface area contributed by atoms with Crippen molar-refractivity contribution < 1.29 is 0 Å². The molecule has 11 heavy (non-hydrogen) atoms. The lowest BCUT2D eigenvalue weighted by molar-refractivity contribution is 0.797. The van der Waals surface area contributed by atoms with Crippen LogP contribution in [0, 0.1) is 11.7 Å². The van der Waals surface area contributed by atoms with Gasteiger partial charge in [0, 0.05) is 11.9 Å². The van der Waals surface area contributed by atoms with E-state index in [0.29, 0.717) is 10.7 Å². The number of aromatic amines is 1. The zero-order valence-corrected chi connectivity index (χ0v) is 7.83. The molecule has 1 aromatic heterocycles. The standard InChI is InChI=1S/C8H12N2S/c1-5(2)7-6(3)4-9-8(11)10-7/h4-5H,1-3H3,(H,9,10,11). The molecular weight excluding hydrogens is 156 g/mol. The van der Waals surface area contributed by atoms with Crippen LogP contribution in [0.15, 0.2) is 6.20 Å². The van der Waals surface area contributed by atoms with Crippen molar-refractivity contribution in [3.63, 3.8) is 0 Å². The van der Waals surface area contributed by atoms with Gasteiger partial charge in [-0.25, -0.2) is 4.98 Å². The molecule has 0 aliphatic carbocycles. The number of hydrogen-bond donors (Lipinski definition) is 1. The average Bonchev–Trinajstić information content (AvgIpc) is 1.94. The maximum atomic E-state index is 4.91. The zero-order chi connectivity index (χ0) is 8.43. The first kappa shape index (κ1) is 8.40. The monoisotopic (exact) mass is 168 g/mol. The van der Waals surface area contributed by atoms with Crippen LogP contribution in [0.3, 0.4) is 0 Å². The molecule has 0 aliphatic rings. The molecule has 1 heterocycles. The van der Waals surface area contributed by atoms with Crippen molar-refractivity contribution in [3.8, 4) is 0 Å². The Hall–Kier alpha value is -0.700. The highest BCUT2D eigenvalue weighted by atomic mass is 32.1. The number of hydrogen-bond acceptors (Lipinski definition) is 2. The fourth-order valence-corrected chi connectivity index (χ4v) is 1.23. The lowest BCUT2D eigenvalue weighted by Gasteiger charge is -2.07. The quantitative estimate of drug-likeness (QED) is 0.653. The maximum absolute atomic E-state index is 4.91. The lowest BCUT2D eigenvalue weighted by Crippen LogP contribution is -1.97. The van der Waals surface area contributed by atoms with Crippen molar-refractivity contribution in [2.24, 2.45) is 0 Å². The van der Waals surface area contributed by atoms with Crippen LogP contribution < -0.4 is 0 Å². The third kappa shape index (κ3) is 1.87. The third-order valence-electron chi connectivity index (χ3n) is 1.62. The first-order valence-corrected chi connectivity index (χ1v) is 4.08. The predicted molar refractivity (Wildman–Crippen MR) is 48.2 cm³/mol. The highest BCUT2D eigenvalue weighted by molar-refractivity contribution is 7.71. The maximum Gasteiger partial charge on any atom is 0.196 e. The molecule has 0 radical (unpaired) electrons. The summed E-state index contributed by atoms with van der Waals surface area (Å²) in [4.78, 5) is 7.06. The number of aromatic nitrogens is 2. The number of H-pyrrole nitrogens is 1. The summed E-state index contributed by atoms with van der Waals surface area (Å²) in [6.45, 7) is 6.30. The summed E-state index contributed by atoms with van der Waals surface area (Å²) < 4.78 is 0.569. The molecule has 1 rings (SSSR count). The topological polar surface area (TPSA) is 28.7 Å². The van der Waals surface area contributed by atoms with Gasteiger partial charge in [-0.2, -0.15) is 0 Å². The zero-order valence-electron chi connectivity index (χ0n) is 7.01. The van der Waals surface area contributed by atoms with Gasteiger partial charge in [-0.1, -0.05) is 13.8 Å². The molecule has 60 valence electrons. The van der Waals surface area contributed by atoms with E-state index in [1.807, 2.05) is 13.1 Å². The summed E-state index contributed by atoms with van der Waals surface area (Å²) in [5, 5.41) is 0. The Morgan fingerprint density at radius 2 is 2.18 bits per heavy atom. The van der Waals surface area contributed by atoms with E-state index in [2.05, 4.69) is 23.8 Å². The average molecular weight is 168 g/mol. The molecule has 2 nitrogen and oxygen atoms in total. The van der Waals surface area contributed by atoms with Crippen molar-refractivity contribution >= 4 is 12.2 Å². The summed E-state index contributed by atoms with van der Waals surface area (Å²) in [6.07, 6.45) is 1.81. The van der Waals surface area contributed by atoms with Crippen molar-refractivity contribution in [2.45, 2.75) is 26.7 Å². The summed E-state index contributed by atoms with van der Waals surface area (Å²) in [6, 6.07) is 0. The molecule has 0 fully saturated rings. The van der Waals surface area contributed by atoms with Gasteiger partial charge in [0.25, 0.3) is 0 Å². The molecule has 0 aliphatic heterocycles. The second-order valence-electron chi connectivity index (χ2n) is 2.94. The molecule has 0 saturated heterocycles. The second kappa shape index (κ2) is 3.13. The van der Waals surface area contributed by atoms with Crippen molar-refractivity contribution in [3.05, 3.63) is 22.2 Å². The highest BCUT2D eigenvalue weighted by Crippen LogP contribution is 2.13. The largest absolute Gasteiger partial charge is 0.334 e. The summed E-state index contributed by atoms with van der Waals surface area (Å²) in [5.41, 5.74) is 2.36. The Balaban J connectivity index is 3.23. The van der Waals surface area contributed by atoms with Gasteiger partial charge in [0.15, 0.2) is 4.77 Å². The normalized spacial score (nSPS) is 10.5. The van der Waals surface area contributed by atoms with E-state index in [9.17, 15) is 0 Å². The number of nitrogens with zero attached hydrogens (tertiary/aromatic N) is 1. The van der Waals surface area contributed by atoms with Crippen molar-refractivity contribution in [1.29, 1.82) is 0 Å². The van der Waals surface area contributed by atoms with Crippen LogP contribution in [0.2, 0.25) is 0 Å². The van der Waals surface area contributed by atoms with Gasteiger partial charge in [0.05, 0.1) is 0 Å².